The molecule has 9 heteroatoms. The maximum atomic E-state index is 13.4. The van der Waals surface area contributed by atoms with E-state index < -0.39 is 11.6 Å². The number of likely N-dealkylation sites (N-methyl/N-ethyl adjacent to an activating group) is 1. The zero-order valence-corrected chi connectivity index (χ0v) is 16.9. The van der Waals surface area contributed by atoms with E-state index in [2.05, 4.69) is 5.32 Å². The fourth-order valence-electron chi connectivity index (χ4n) is 3.81. The van der Waals surface area contributed by atoms with Crippen LogP contribution in [0.2, 0.25) is 15.1 Å². The molecule has 2 aromatic rings. The molecule has 0 saturated carbocycles. The van der Waals surface area contributed by atoms with Crippen molar-refractivity contribution in [3.8, 4) is 0 Å². The molecule has 144 valence electrons. The minimum Gasteiger partial charge on any atom is -0.322 e. The minimum atomic E-state index is -1.50. The maximum Gasteiger partial charge on any atom is 0.271 e. The molecule has 1 unspecified atom stereocenters. The number of nitrogens with zero attached hydrogens (tertiary/aromatic N) is 2. The molecule has 2 aliphatic rings. The molecule has 0 bridgehead atoms. The molecular weight excluding hydrogens is 425 g/mol. The standard InChI is InChI=1S/C19H14Cl3N3O3/c1-24-17(27)14-3-2-10(20)9-15(14)25-16(26)4-5-19(24,25)18(28)23-13-7-11(21)6-12(22)8-13/h2-3,6-9H,4-5H2,1H3,(H,23,28). The van der Waals surface area contributed by atoms with Crippen LogP contribution in [0.5, 0.6) is 0 Å². The fraction of sp³-hybridized carbons (Fsp3) is 0.211. The van der Waals surface area contributed by atoms with E-state index in [0.717, 1.165) is 0 Å². The third-order valence-electron chi connectivity index (χ3n) is 5.08. The number of fused-ring (bicyclic) bond motifs is 3. The monoisotopic (exact) mass is 437 g/mol. The summed E-state index contributed by atoms with van der Waals surface area (Å²) in [7, 11) is 1.51. The van der Waals surface area contributed by atoms with Crippen LogP contribution in [-0.4, -0.2) is 35.3 Å². The van der Waals surface area contributed by atoms with Gasteiger partial charge in [-0.1, -0.05) is 34.8 Å². The van der Waals surface area contributed by atoms with Gasteiger partial charge in [0.2, 0.25) is 11.6 Å². The molecule has 1 saturated heterocycles. The third-order valence-corrected chi connectivity index (χ3v) is 5.75. The zero-order chi connectivity index (χ0) is 20.2. The Morgan fingerprint density at radius 2 is 1.71 bits per heavy atom. The van der Waals surface area contributed by atoms with Crippen molar-refractivity contribution < 1.29 is 14.4 Å². The largest absolute Gasteiger partial charge is 0.322 e. The van der Waals surface area contributed by atoms with Crippen LogP contribution >= 0.6 is 34.8 Å². The molecular formula is C19H14Cl3N3O3. The third kappa shape index (κ3) is 2.75. The van der Waals surface area contributed by atoms with Crippen LogP contribution < -0.4 is 10.2 Å². The summed E-state index contributed by atoms with van der Waals surface area (Å²) in [4.78, 5) is 41.7. The highest BCUT2D eigenvalue weighted by Crippen LogP contribution is 2.45. The van der Waals surface area contributed by atoms with E-state index in [0.29, 0.717) is 32.0 Å². The van der Waals surface area contributed by atoms with Gasteiger partial charge in [-0.25, -0.2) is 0 Å². The van der Waals surface area contributed by atoms with Crippen molar-refractivity contribution in [2.45, 2.75) is 18.5 Å². The average Bonchev–Trinajstić information content (AvgIpc) is 2.97. The van der Waals surface area contributed by atoms with E-state index in [9.17, 15) is 14.4 Å². The highest BCUT2D eigenvalue weighted by Gasteiger charge is 2.59. The van der Waals surface area contributed by atoms with Crippen LogP contribution in [0, 0.1) is 0 Å². The van der Waals surface area contributed by atoms with E-state index in [-0.39, 0.29) is 24.7 Å². The normalized spacial score (nSPS) is 20.9. The lowest BCUT2D eigenvalue weighted by atomic mass is 9.96. The Labute approximate surface area is 175 Å². The number of amides is 3. The van der Waals surface area contributed by atoms with Crippen LogP contribution in [-0.2, 0) is 9.59 Å². The van der Waals surface area contributed by atoms with Gasteiger partial charge in [-0.2, -0.15) is 0 Å². The van der Waals surface area contributed by atoms with Gasteiger partial charge in [0.05, 0.1) is 11.3 Å². The molecule has 0 spiro atoms. The first-order chi connectivity index (χ1) is 13.2. The second kappa shape index (κ2) is 6.65. The molecule has 6 nitrogen and oxygen atoms in total. The first kappa shape index (κ1) is 19.1. The van der Waals surface area contributed by atoms with Gasteiger partial charge in [-0.3, -0.25) is 19.3 Å². The molecule has 1 atom stereocenters. The highest BCUT2D eigenvalue weighted by atomic mass is 35.5. The Bertz CT molecular complexity index is 1020. The van der Waals surface area contributed by atoms with Crippen LogP contribution in [0.3, 0.4) is 0 Å². The summed E-state index contributed by atoms with van der Waals surface area (Å²) in [6, 6.07) is 9.28. The van der Waals surface area contributed by atoms with Crippen LogP contribution in [0.25, 0.3) is 0 Å². The zero-order valence-electron chi connectivity index (χ0n) is 14.6. The first-order valence-corrected chi connectivity index (χ1v) is 9.56. The smallest absolute Gasteiger partial charge is 0.271 e. The minimum absolute atomic E-state index is 0.118. The molecule has 0 radical (unpaired) electrons. The molecule has 3 amide bonds. The van der Waals surface area contributed by atoms with E-state index in [1.54, 1.807) is 24.3 Å². The molecule has 4 rings (SSSR count). The van der Waals surface area contributed by atoms with Gasteiger partial charge in [0, 0.05) is 40.6 Å². The lowest BCUT2D eigenvalue weighted by Gasteiger charge is -2.47. The van der Waals surface area contributed by atoms with Crippen molar-refractivity contribution in [3.63, 3.8) is 0 Å². The van der Waals surface area contributed by atoms with Crippen molar-refractivity contribution in [2.24, 2.45) is 0 Å². The number of anilines is 2. The molecule has 2 aromatic carbocycles. The van der Waals surface area contributed by atoms with Gasteiger partial charge < -0.3 is 10.2 Å². The van der Waals surface area contributed by atoms with Crippen LogP contribution in [0.15, 0.2) is 36.4 Å². The number of carbonyl (C=O) groups excluding carboxylic acids is 3. The number of hydrogen-bond donors (Lipinski definition) is 1. The summed E-state index contributed by atoms with van der Waals surface area (Å²) in [5, 5.41) is 3.81. The van der Waals surface area contributed by atoms with E-state index in [1.165, 1.54) is 29.0 Å². The molecule has 1 N–H and O–H groups in total. The summed E-state index contributed by atoms with van der Waals surface area (Å²) >= 11 is 18.1. The number of carbonyl (C=O) groups is 3. The average molecular weight is 439 g/mol. The number of halogens is 3. The van der Waals surface area contributed by atoms with Crippen LogP contribution in [0.4, 0.5) is 11.4 Å². The van der Waals surface area contributed by atoms with Gasteiger partial charge in [-0.05, 0) is 36.4 Å². The Morgan fingerprint density at radius 1 is 1.04 bits per heavy atom. The second-order valence-electron chi connectivity index (χ2n) is 6.68. The van der Waals surface area contributed by atoms with Gasteiger partial charge in [0.1, 0.15) is 0 Å². The Kier molecular flexibility index (Phi) is 4.53. The Balaban J connectivity index is 1.82. The number of hydrogen-bond acceptors (Lipinski definition) is 3. The molecule has 1 fully saturated rings. The van der Waals surface area contributed by atoms with Gasteiger partial charge in [-0.15, -0.1) is 0 Å². The molecule has 2 heterocycles. The molecule has 0 aromatic heterocycles. The summed E-state index contributed by atoms with van der Waals surface area (Å²) in [6.45, 7) is 0. The molecule has 2 aliphatic heterocycles. The van der Waals surface area contributed by atoms with Gasteiger partial charge in [0.25, 0.3) is 11.8 Å². The number of rotatable bonds is 2. The predicted molar refractivity (Wildman–Crippen MR) is 108 cm³/mol. The van der Waals surface area contributed by atoms with Crippen LogP contribution in [0.1, 0.15) is 23.2 Å². The first-order valence-electron chi connectivity index (χ1n) is 8.42. The number of nitrogens with one attached hydrogen (secondary N) is 1. The van der Waals surface area contributed by atoms with E-state index in [1.807, 2.05) is 0 Å². The molecule has 0 aliphatic carbocycles. The SMILES string of the molecule is CN1C(=O)c2ccc(Cl)cc2N2C(=O)CCC12C(=O)Nc1cc(Cl)cc(Cl)c1. The van der Waals surface area contributed by atoms with E-state index in [4.69, 9.17) is 34.8 Å². The fourth-order valence-corrected chi connectivity index (χ4v) is 4.50. The van der Waals surface area contributed by atoms with Crippen molar-refractivity contribution in [1.29, 1.82) is 0 Å². The maximum absolute atomic E-state index is 13.4. The quantitative estimate of drug-likeness (QED) is 0.764. The second-order valence-corrected chi connectivity index (χ2v) is 7.99. The summed E-state index contributed by atoms with van der Waals surface area (Å²) in [5.41, 5.74) is -0.483. The van der Waals surface area contributed by atoms with Crippen molar-refractivity contribution in [2.75, 3.05) is 17.3 Å². The van der Waals surface area contributed by atoms with Crippen molar-refractivity contribution >= 4 is 63.9 Å². The van der Waals surface area contributed by atoms with Crippen molar-refractivity contribution in [1.82, 2.24) is 4.90 Å². The lowest BCUT2D eigenvalue weighted by molar-refractivity contribution is -0.128. The Morgan fingerprint density at radius 3 is 2.39 bits per heavy atom. The Hall–Kier alpha value is -2.28. The highest BCUT2D eigenvalue weighted by molar-refractivity contribution is 6.35. The van der Waals surface area contributed by atoms with E-state index >= 15 is 0 Å². The predicted octanol–water partition coefficient (Wildman–Crippen LogP) is 4.19. The van der Waals surface area contributed by atoms with Gasteiger partial charge >= 0.3 is 0 Å². The summed E-state index contributed by atoms with van der Waals surface area (Å²) in [5.74, 6) is -1.16. The van der Waals surface area contributed by atoms with Gasteiger partial charge in [0.15, 0.2) is 0 Å². The summed E-state index contributed by atoms with van der Waals surface area (Å²) < 4.78 is 0. The van der Waals surface area contributed by atoms with Crippen molar-refractivity contribution in [3.05, 3.63) is 57.0 Å². The molecule has 28 heavy (non-hydrogen) atoms. The topological polar surface area (TPSA) is 69.7 Å². The lowest BCUT2D eigenvalue weighted by Crippen LogP contribution is -2.68. The number of benzene rings is 2. The summed E-state index contributed by atoms with van der Waals surface area (Å²) in [6.07, 6.45) is 0.271.